The molecule has 2 aromatic rings. The second-order valence-corrected chi connectivity index (χ2v) is 6.92. The SMILES string of the molecule is CCC(CSC(C)=O)(NC(=O)OCc1ccccc1)c1ccccc1. The van der Waals surface area contributed by atoms with Crippen molar-refractivity contribution in [3.63, 3.8) is 0 Å². The lowest BCUT2D eigenvalue weighted by molar-refractivity contribution is -0.109. The predicted octanol–water partition coefficient (Wildman–Crippen LogP) is 4.50. The van der Waals surface area contributed by atoms with Gasteiger partial charge in [0.1, 0.15) is 6.61 Å². The molecule has 0 heterocycles. The maximum atomic E-state index is 12.4. The molecule has 2 rings (SSSR count). The van der Waals surface area contributed by atoms with E-state index in [-0.39, 0.29) is 11.7 Å². The fourth-order valence-electron chi connectivity index (χ4n) is 2.52. The van der Waals surface area contributed by atoms with Crippen LogP contribution in [-0.4, -0.2) is 17.0 Å². The third-order valence-electron chi connectivity index (χ3n) is 4.01. The lowest BCUT2D eigenvalue weighted by Gasteiger charge is -2.33. The zero-order chi connectivity index (χ0) is 18.1. The first-order valence-electron chi connectivity index (χ1n) is 8.23. The highest BCUT2D eigenvalue weighted by atomic mass is 32.2. The molecule has 2 aromatic carbocycles. The summed E-state index contributed by atoms with van der Waals surface area (Å²) in [6, 6.07) is 19.2. The van der Waals surface area contributed by atoms with E-state index in [1.807, 2.05) is 67.6 Å². The molecule has 0 spiro atoms. The molecule has 25 heavy (non-hydrogen) atoms. The normalized spacial score (nSPS) is 12.9. The summed E-state index contributed by atoms with van der Waals surface area (Å²) in [5.41, 5.74) is 1.24. The quantitative estimate of drug-likeness (QED) is 0.793. The van der Waals surface area contributed by atoms with Crippen LogP contribution >= 0.6 is 11.8 Å². The van der Waals surface area contributed by atoms with Crippen molar-refractivity contribution in [2.45, 2.75) is 32.4 Å². The van der Waals surface area contributed by atoms with Gasteiger partial charge in [-0.25, -0.2) is 4.79 Å². The number of hydrogen-bond donors (Lipinski definition) is 1. The minimum Gasteiger partial charge on any atom is -0.445 e. The Bertz CT molecular complexity index is 691. The predicted molar refractivity (Wildman–Crippen MR) is 101 cm³/mol. The highest BCUT2D eigenvalue weighted by molar-refractivity contribution is 8.13. The van der Waals surface area contributed by atoms with Crippen LogP contribution in [-0.2, 0) is 21.7 Å². The van der Waals surface area contributed by atoms with Crippen LogP contribution in [0.1, 0.15) is 31.4 Å². The van der Waals surface area contributed by atoms with Gasteiger partial charge in [-0.15, -0.1) is 0 Å². The third kappa shape index (κ3) is 5.64. The molecule has 0 aliphatic carbocycles. The average Bonchev–Trinajstić information content (AvgIpc) is 2.65. The summed E-state index contributed by atoms with van der Waals surface area (Å²) in [5.74, 6) is 0.462. The Hall–Kier alpha value is -2.27. The fraction of sp³-hybridized carbons (Fsp3) is 0.300. The summed E-state index contributed by atoms with van der Waals surface area (Å²) in [6.07, 6.45) is 0.163. The van der Waals surface area contributed by atoms with Crippen molar-refractivity contribution in [3.8, 4) is 0 Å². The van der Waals surface area contributed by atoms with E-state index in [4.69, 9.17) is 4.74 Å². The maximum Gasteiger partial charge on any atom is 0.408 e. The Kier molecular flexibility index (Phi) is 7.07. The van der Waals surface area contributed by atoms with Crippen molar-refractivity contribution in [1.29, 1.82) is 0 Å². The number of alkyl carbamates (subject to hydrolysis) is 1. The summed E-state index contributed by atoms with van der Waals surface area (Å²) in [6.45, 7) is 3.73. The molecule has 0 fully saturated rings. The first-order chi connectivity index (χ1) is 12.1. The van der Waals surface area contributed by atoms with Gasteiger partial charge in [0.05, 0.1) is 5.54 Å². The minimum atomic E-state index is -0.647. The molecule has 0 radical (unpaired) electrons. The third-order valence-corrected chi connectivity index (χ3v) is 5.05. The van der Waals surface area contributed by atoms with Crippen molar-refractivity contribution in [1.82, 2.24) is 5.32 Å². The molecule has 1 unspecified atom stereocenters. The van der Waals surface area contributed by atoms with Crippen LogP contribution in [0, 0.1) is 0 Å². The van der Waals surface area contributed by atoms with E-state index < -0.39 is 11.6 Å². The largest absolute Gasteiger partial charge is 0.445 e. The lowest BCUT2D eigenvalue weighted by atomic mass is 9.89. The van der Waals surface area contributed by atoms with E-state index >= 15 is 0 Å². The molecule has 1 N–H and O–H groups in total. The van der Waals surface area contributed by atoms with E-state index in [0.717, 1.165) is 11.1 Å². The standard InChI is InChI=1S/C20H23NO3S/c1-3-20(15-25-16(2)22,18-12-8-5-9-13-18)21-19(23)24-14-17-10-6-4-7-11-17/h4-13H,3,14-15H2,1-2H3,(H,21,23). The van der Waals surface area contributed by atoms with Gasteiger partial charge in [-0.05, 0) is 17.5 Å². The average molecular weight is 357 g/mol. The van der Waals surface area contributed by atoms with E-state index in [1.54, 1.807) is 0 Å². The van der Waals surface area contributed by atoms with Gasteiger partial charge in [-0.2, -0.15) is 0 Å². The number of hydrogen-bond acceptors (Lipinski definition) is 4. The summed E-state index contributed by atoms with van der Waals surface area (Å²) in [7, 11) is 0. The molecular formula is C20H23NO3S. The molecule has 0 saturated heterocycles. The minimum absolute atomic E-state index is 0.0215. The van der Waals surface area contributed by atoms with Gasteiger partial charge >= 0.3 is 6.09 Å². The number of benzene rings is 2. The maximum absolute atomic E-state index is 12.4. The van der Waals surface area contributed by atoms with Crippen LogP contribution in [0.4, 0.5) is 4.79 Å². The van der Waals surface area contributed by atoms with Crippen LogP contribution < -0.4 is 5.32 Å². The first kappa shape index (κ1) is 19.1. The Balaban J connectivity index is 2.11. The van der Waals surface area contributed by atoms with Gasteiger partial charge in [0.15, 0.2) is 5.12 Å². The molecule has 0 bridgehead atoms. The van der Waals surface area contributed by atoms with Gasteiger partial charge in [0.2, 0.25) is 0 Å². The first-order valence-corrected chi connectivity index (χ1v) is 9.22. The Morgan fingerprint density at radius 2 is 1.64 bits per heavy atom. The molecule has 132 valence electrons. The van der Waals surface area contributed by atoms with Gasteiger partial charge in [-0.1, -0.05) is 79.3 Å². The summed E-state index contributed by atoms with van der Waals surface area (Å²) >= 11 is 1.20. The van der Waals surface area contributed by atoms with E-state index in [9.17, 15) is 9.59 Å². The number of thioether (sulfide) groups is 1. The van der Waals surface area contributed by atoms with E-state index in [0.29, 0.717) is 12.2 Å². The molecule has 0 aliphatic heterocycles. The van der Waals surface area contributed by atoms with E-state index in [2.05, 4.69) is 5.32 Å². The fourth-order valence-corrected chi connectivity index (χ4v) is 3.42. The molecule has 4 nitrogen and oxygen atoms in total. The lowest BCUT2D eigenvalue weighted by Crippen LogP contribution is -2.48. The molecule has 0 saturated carbocycles. The second kappa shape index (κ2) is 9.28. The number of amides is 1. The topological polar surface area (TPSA) is 55.4 Å². The highest BCUT2D eigenvalue weighted by Gasteiger charge is 2.33. The number of carbonyl (C=O) groups is 2. The molecule has 1 atom stereocenters. The van der Waals surface area contributed by atoms with Gasteiger partial charge < -0.3 is 10.1 Å². The van der Waals surface area contributed by atoms with Crippen LogP contribution in [0.15, 0.2) is 60.7 Å². The number of nitrogens with one attached hydrogen (secondary N) is 1. The van der Waals surface area contributed by atoms with E-state index in [1.165, 1.54) is 18.7 Å². The van der Waals surface area contributed by atoms with Crippen molar-refractivity contribution in [2.24, 2.45) is 0 Å². The van der Waals surface area contributed by atoms with Crippen molar-refractivity contribution < 1.29 is 14.3 Å². The van der Waals surface area contributed by atoms with Crippen LogP contribution in [0.25, 0.3) is 0 Å². The Labute approximate surface area is 153 Å². The molecule has 1 amide bonds. The summed E-state index contributed by atoms with van der Waals surface area (Å²) in [4.78, 5) is 23.8. The van der Waals surface area contributed by atoms with Crippen molar-refractivity contribution in [3.05, 3.63) is 71.8 Å². The molecule has 5 heteroatoms. The number of rotatable bonds is 7. The van der Waals surface area contributed by atoms with Crippen molar-refractivity contribution in [2.75, 3.05) is 5.75 Å². The summed E-state index contributed by atoms with van der Waals surface area (Å²) in [5, 5.41) is 3.01. The smallest absolute Gasteiger partial charge is 0.408 e. The zero-order valence-corrected chi connectivity index (χ0v) is 15.3. The monoisotopic (exact) mass is 357 g/mol. The number of ether oxygens (including phenoxy) is 1. The van der Waals surface area contributed by atoms with Gasteiger partial charge in [-0.3, -0.25) is 4.79 Å². The number of carbonyl (C=O) groups excluding carboxylic acids is 2. The Morgan fingerprint density at radius 1 is 1.04 bits per heavy atom. The Morgan fingerprint density at radius 3 is 2.20 bits per heavy atom. The molecule has 0 aromatic heterocycles. The van der Waals surface area contributed by atoms with Gasteiger partial charge in [0.25, 0.3) is 0 Å². The van der Waals surface area contributed by atoms with Crippen LogP contribution in [0.5, 0.6) is 0 Å². The van der Waals surface area contributed by atoms with Crippen LogP contribution in [0.3, 0.4) is 0 Å². The molecular weight excluding hydrogens is 334 g/mol. The molecule has 0 aliphatic rings. The second-order valence-electron chi connectivity index (χ2n) is 5.77. The summed E-state index contributed by atoms with van der Waals surface area (Å²) < 4.78 is 5.37. The van der Waals surface area contributed by atoms with Crippen molar-refractivity contribution >= 4 is 23.0 Å². The van der Waals surface area contributed by atoms with Crippen LogP contribution in [0.2, 0.25) is 0 Å². The zero-order valence-electron chi connectivity index (χ0n) is 14.5. The highest BCUT2D eigenvalue weighted by Crippen LogP contribution is 2.29. The van der Waals surface area contributed by atoms with Gasteiger partial charge in [0, 0.05) is 12.7 Å².